The molecule has 9 nitrogen and oxygen atoms in total. The van der Waals surface area contributed by atoms with Crippen LogP contribution in [-0.2, 0) is 4.79 Å². The average Bonchev–Trinajstić information content (AvgIpc) is 2.97. The molecule has 168 valence electrons. The Bertz CT molecular complexity index is 1170. The molecule has 1 aliphatic heterocycles. The highest BCUT2D eigenvalue weighted by molar-refractivity contribution is 8.00. The van der Waals surface area contributed by atoms with Crippen molar-refractivity contribution in [2.45, 2.75) is 26.0 Å². The van der Waals surface area contributed by atoms with Crippen molar-refractivity contribution < 1.29 is 19.0 Å². The molecule has 2 aromatic heterocycles. The number of aryl methyl sites for hydroxylation is 3. The van der Waals surface area contributed by atoms with E-state index in [2.05, 4.69) is 15.3 Å². The van der Waals surface area contributed by atoms with Gasteiger partial charge in [0, 0.05) is 22.5 Å². The zero-order valence-corrected chi connectivity index (χ0v) is 19.7. The fourth-order valence-corrected chi connectivity index (χ4v) is 5.11. The monoisotopic (exact) mass is 455 g/mol. The van der Waals surface area contributed by atoms with Crippen molar-refractivity contribution >= 4 is 23.5 Å². The molecule has 10 heteroatoms. The van der Waals surface area contributed by atoms with Crippen LogP contribution in [0.1, 0.15) is 33.5 Å². The first-order valence-corrected chi connectivity index (χ1v) is 11.0. The number of methoxy groups -OCH3 is 3. The number of nitrogens with zero attached hydrogens (tertiary/aromatic N) is 4. The number of fused-ring (bicyclic) bond motifs is 1. The summed E-state index contributed by atoms with van der Waals surface area (Å²) < 4.78 is 18.3. The van der Waals surface area contributed by atoms with Gasteiger partial charge in [-0.25, -0.2) is 9.97 Å². The Morgan fingerprint density at radius 1 is 1.03 bits per heavy atom. The van der Waals surface area contributed by atoms with E-state index in [4.69, 9.17) is 19.3 Å². The second-order valence-corrected chi connectivity index (χ2v) is 8.47. The van der Waals surface area contributed by atoms with E-state index in [1.165, 1.54) is 11.8 Å². The van der Waals surface area contributed by atoms with Gasteiger partial charge in [0.25, 0.3) is 5.95 Å². The molecule has 0 saturated carbocycles. The molecular formula is C22H25N5O4S. The van der Waals surface area contributed by atoms with Gasteiger partial charge in [-0.1, -0.05) is 0 Å². The number of hydrogen-bond acceptors (Lipinski definition) is 8. The zero-order valence-electron chi connectivity index (χ0n) is 18.8. The van der Waals surface area contributed by atoms with Gasteiger partial charge >= 0.3 is 0 Å². The molecule has 0 aliphatic carbocycles. The van der Waals surface area contributed by atoms with Crippen LogP contribution in [0.3, 0.4) is 0 Å². The minimum Gasteiger partial charge on any atom is -0.493 e. The third kappa shape index (κ3) is 3.75. The predicted octanol–water partition coefficient (Wildman–Crippen LogP) is 3.39. The fourth-order valence-electron chi connectivity index (χ4n) is 3.91. The van der Waals surface area contributed by atoms with Gasteiger partial charge in [-0.15, -0.1) is 11.8 Å². The molecule has 1 atom stereocenters. The molecule has 0 unspecified atom stereocenters. The maximum Gasteiger partial charge on any atom is 0.252 e. The molecule has 1 aromatic carbocycles. The van der Waals surface area contributed by atoms with Gasteiger partial charge in [0.1, 0.15) is 5.82 Å². The van der Waals surface area contributed by atoms with Crippen LogP contribution < -0.4 is 19.5 Å². The van der Waals surface area contributed by atoms with E-state index < -0.39 is 0 Å². The number of carbonyl (C=O) groups excluding carboxylic acids is 1. The number of thioether (sulfide) groups is 1. The summed E-state index contributed by atoms with van der Waals surface area (Å²) in [6.07, 6.45) is 0. The Kier molecular flexibility index (Phi) is 5.96. The van der Waals surface area contributed by atoms with Gasteiger partial charge in [0.15, 0.2) is 11.5 Å². The van der Waals surface area contributed by atoms with Crippen molar-refractivity contribution in [2.24, 2.45) is 0 Å². The number of aromatic nitrogens is 4. The summed E-state index contributed by atoms with van der Waals surface area (Å²) in [5, 5.41) is 7.46. The topological polar surface area (TPSA) is 100 Å². The highest BCUT2D eigenvalue weighted by Gasteiger charge is 2.34. The molecule has 0 saturated heterocycles. The van der Waals surface area contributed by atoms with Crippen molar-refractivity contribution in [3.8, 4) is 23.2 Å². The van der Waals surface area contributed by atoms with E-state index in [9.17, 15) is 4.79 Å². The first-order chi connectivity index (χ1) is 15.4. The molecule has 0 bridgehead atoms. The van der Waals surface area contributed by atoms with Crippen LogP contribution in [0.2, 0.25) is 0 Å². The molecule has 1 aliphatic rings. The van der Waals surface area contributed by atoms with Crippen LogP contribution in [0, 0.1) is 20.8 Å². The molecule has 0 fully saturated rings. The van der Waals surface area contributed by atoms with E-state index >= 15 is 0 Å². The normalized spacial score (nSPS) is 15.6. The lowest BCUT2D eigenvalue weighted by Gasteiger charge is -2.21. The summed E-state index contributed by atoms with van der Waals surface area (Å²) in [5.41, 5.74) is 4.13. The molecule has 3 aromatic rings. The summed E-state index contributed by atoms with van der Waals surface area (Å²) in [7, 11) is 4.74. The van der Waals surface area contributed by atoms with Crippen LogP contribution >= 0.6 is 11.8 Å². The second-order valence-electron chi connectivity index (χ2n) is 7.37. The Labute approximate surface area is 190 Å². The number of hydrogen-bond donors (Lipinski definition) is 1. The summed E-state index contributed by atoms with van der Waals surface area (Å²) in [6, 6.07) is 5.66. The van der Waals surface area contributed by atoms with Crippen molar-refractivity contribution in [1.29, 1.82) is 0 Å². The van der Waals surface area contributed by atoms with Gasteiger partial charge in [0.2, 0.25) is 11.7 Å². The van der Waals surface area contributed by atoms with Crippen LogP contribution in [0.25, 0.3) is 5.95 Å². The third-order valence-electron chi connectivity index (χ3n) is 5.18. The molecule has 4 rings (SSSR count). The van der Waals surface area contributed by atoms with Crippen molar-refractivity contribution in [3.05, 3.63) is 46.4 Å². The largest absolute Gasteiger partial charge is 0.493 e. The quantitative estimate of drug-likeness (QED) is 0.625. The van der Waals surface area contributed by atoms with Crippen molar-refractivity contribution in [3.63, 3.8) is 0 Å². The first kappa shape index (κ1) is 21.9. The third-order valence-corrected chi connectivity index (χ3v) is 6.44. The summed E-state index contributed by atoms with van der Waals surface area (Å²) in [4.78, 5) is 21.7. The minimum atomic E-state index is -0.238. The maximum atomic E-state index is 12.6. The number of carbonyl (C=O) groups is 1. The Hall–Kier alpha value is -3.27. The second kappa shape index (κ2) is 8.70. The Balaban J connectivity index is 1.94. The molecule has 1 N–H and O–H groups in total. The van der Waals surface area contributed by atoms with E-state index in [1.807, 2.05) is 39.0 Å². The lowest BCUT2D eigenvalue weighted by Crippen LogP contribution is -2.17. The Morgan fingerprint density at radius 3 is 2.34 bits per heavy atom. The summed E-state index contributed by atoms with van der Waals surface area (Å²) >= 11 is 1.50. The number of amides is 1. The highest BCUT2D eigenvalue weighted by Crippen LogP contribution is 2.50. The van der Waals surface area contributed by atoms with E-state index in [0.717, 1.165) is 28.2 Å². The van der Waals surface area contributed by atoms with Crippen LogP contribution in [0.15, 0.2) is 18.2 Å². The molecule has 1 amide bonds. The SMILES string of the molecule is COc1ccc([C@@H]2SCC(=O)Nc3c2c(C)nn3-c2nc(C)cc(C)n2)c(OC)c1OC. The van der Waals surface area contributed by atoms with Crippen LogP contribution in [0.5, 0.6) is 17.2 Å². The van der Waals surface area contributed by atoms with Crippen LogP contribution in [-0.4, -0.2) is 52.7 Å². The van der Waals surface area contributed by atoms with Gasteiger partial charge in [-0.3, -0.25) is 4.79 Å². The van der Waals surface area contributed by atoms with Gasteiger partial charge < -0.3 is 19.5 Å². The Morgan fingerprint density at radius 2 is 1.72 bits per heavy atom. The average molecular weight is 456 g/mol. The molecular weight excluding hydrogens is 430 g/mol. The first-order valence-electron chi connectivity index (χ1n) is 10.00. The lowest BCUT2D eigenvalue weighted by molar-refractivity contribution is -0.113. The standard InChI is InChI=1S/C22H25N5O4S/c1-11-9-12(2)24-22(23-11)27-21-17(13(3)26-27)20(32-10-16(28)25-21)14-7-8-15(29-4)19(31-6)18(14)30-5/h7-9,20H,10H2,1-6H3,(H,25,28)/t20-/m0/s1. The lowest BCUT2D eigenvalue weighted by atomic mass is 10.0. The molecule has 0 radical (unpaired) electrons. The van der Waals surface area contributed by atoms with Crippen molar-refractivity contribution in [1.82, 2.24) is 19.7 Å². The summed E-state index contributed by atoms with van der Waals surface area (Å²) in [5.74, 6) is 2.74. The smallest absolute Gasteiger partial charge is 0.252 e. The number of ether oxygens (including phenoxy) is 3. The summed E-state index contributed by atoms with van der Waals surface area (Å²) in [6.45, 7) is 5.72. The maximum absolute atomic E-state index is 12.6. The fraction of sp³-hybridized carbons (Fsp3) is 0.364. The van der Waals surface area contributed by atoms with Gasteiger partial charge in [0.05, 0.1) is 38.0 Å². The van der Waals surface area contributed by atoms with E-state index in [0.29, 0.717) is 29.0 Å². The number of rotatable bonds is 5. The number of anilines is 1. The van der Waals surface area contributed by atoms with Gasteiger partial charge in [-0.2, -0.15) is 9.78 Å². The van der Waals surface area contributed by atoms with Gasteiger partial charge in [-0.05, 0) is 39.0 Å². The van der Waals surface area contributed by atoms with E-state index in [-0.39, 0.29) is 16.9 Å². The minimum absolute atomic E-state index is 0.122. The predicted molar refractivity (Wildman–Crippen MR) is 122 cm³/mol. The number of benzene rings is 1. The molecule has 3 heterocycles. The molecule has 32 heavy (non-hydrogen) atoms. The van der Waals surface area contributed by atoms with Crippen molar-refractivity contribution in [2.75, 3.05) is 32.4 Å². The zero-order chi connectivity index (χ0) is 23.0. The van der Waals surface area contributed by atoms with E-state index in [1.54, 1.807) is 26.0 Å². The van der Waals surface area contributed by atoms with Crippen LogP contribution in [0.4, 0.5) is 5.82 Å². The number of nitrogens with one attached hydrogen (secondary N) is 1. The highest BCUT2D eigenvalue weighted by atomic mass is 32.2. The molecule has 0 spiro atoms.